The molecule has 1 aromatic rings. The number of carbonyl (C=O) groups excluding carboxylic acids is 1. The molecule has 3 rings (SSSR count). The molecule has 0 atom stereocenters. The number of nitrogens with zero attached hydrogens (tertiary/aromatic N) is 1. The van der Waals surface area contributed by atoms with Crippen LogP contribution in [-0.4, -0.2) is 30.6 Å². The van der Waals surface area contributed by atoms with Gasteiger partial charge in [0.25, 0.3) is 0 Å². The molecule has 0 aliphatic carbocycles. The van der Waals surface area contributed by atoms with Crippen LogP contribution in [0.25, 0.3) is 0 Å². The van der Waals surface area contributed by atoms with Gasteiger partial charge in [-0.3, -0.25) is 4.79 Å². The van der Waals surface area contributed by atoms with Crippen LogP contribution in [0.2, 0.25) is 0 Å². The molecule has 4 nitrogen and oxygen atoms in total. The van der Waals surface area contributed by atoms with Gasteiger partial charge in [-0.1, -0.05) is 13.8 Å². The number of hydrogen-bond acceptors (Lipinski definition) is 3. The number of rotatable bonds is 1. The Kier molecular flexibility index (Phi) is 3.09. The van der Waals surface area contributed by atoms with Crippen molar-refractivity contribution >= 4 is 5.91 Å². The lowest BCUT2D eigenvalue weighted by Crippen LogP contribution is -2.38. The smallest absolute Gasteiger partial charge is 0.225 e. The van der Waals surface area contributed by atoms with Crippen LogP contribution in [0.3, 0.4) is 0 Å². The van der Waals surface area contributed by atoms with Crippen molar-refractivity contribution in [3.05, 3.63) is 23.3 Å². The Balaban J connectivity index is 1.86. The molecule has 2 aliphatic rings. The summed E-state index contributed by atoms with van der Waals surface area (Å²) in [5.41, 5.74) is 2.46. The predicted octanol–water partition coefficient (Wildman–Crippen LogP) is 2.00. The first-order valence-electron chi connectivity index (χ1n) is 6.85. The van der Waals surface area contributed by atoms with E-state index in [1.165, 1.54) is 11.1 Å². The van der Waals surface area contributed by atoms with E-state index in [0.717, 1.165) is 24.5 Å². The molecule has 1 aromatic carbocycles. The maximum atomic E-state index is 12.1. The molecule has 0 bridgehead atoms. The fourth-order valence-electron chi connectivity index (χ4n) is 2.65. The summed E-state index contributed by atoms with van der Waals surface area (Å²) < 4.78 is 11.2. The molecule has 19 heavy (non-hydrogen) atoms. The Morgan fingerprint density at radius 2 is 1.79 bits per heavy atom. The maximum absolute atomic E-state index is 12.1. The van der Waals surface area contributed by atoms with Crippen molar-refractivity contribution in [3.8, 4) is 11.5 Å². The zero-order valence-corrected chi connectivity index (χ0v) is 11.4. The third-order valence-corrected chi connectivity index (χ3v) is 3.68. The van der Waals surface area contributed by atoms with E-state index in [0.29, 0.717) is 19.8 Å². The number of carbonyl (C=O) groups is 1. The first kappa shape index (κ1) is 12.3. The van der Waals surface area contributed by atoms with Gasteiger partial charge in [0.1, 0.15) is 13.2 Å². The van der Waals surface area contributed by atoms with Crippen molar-refractivity contribution in [2.75, 3.05) is 19.8 Å². The molecule has 0 spiro atoms. The summed E-state index contributed by atoms with van der Waals surface area (Å²) in [4.78, 5) is 14.0. The van der Waals surface area contributed by atoms with E-state index < -0.39 is 0 Å². The molecule has 0 saturated carbocycles. The Morgan fingerprint density at radius 3 is 2.42 bits per heavy atom. The topological polar surface area (TPSA) is 38.8 Å². The van der Waals surface area contributed by atoms with Crippen LogP contribution < -0.4 is 9.47 Å². The summed E-state index contributed by atoms with van der Waals surface area (Å²) in [5, 5.41) is 0. The summed E-state index contributed by atoms with van der Waals surface area (Å²) in [7, 11) is 0. The maximum Gasteiger partial charge on any atom is 0.225 e. The minimum Gasteiger partial charge on any atom is -0.486 e. The molecule has 4 heteroatoms. The van der Waals surface area contributed by atoms with Gasteiger partial charge in [0, 0.05) is 19.0 Å². The third kappa shape index (κ3) is 2.27. The second kappa shape index (κ2) is 4.76. The number of amides is 1. The Bertz CT molecular complexity index is 510. The lowest BCUT2D eigenvalue weighted by Gasteiger charge is -2.31. The van der Waals surface area contributed by atoms with Crippen molar-refractivity contribution in [1.82, 2.24) is 4.90 Å². The molecule has 2 aliphatic heterocycles. The largest absolute Gasteiger partial charge is 0.486 e. The van der Waals surface area contributed by atoms with Gasteiger partial charge < -0.3 is 14.4 Å². The minimum atomic E-state index is 0.0544. The van der Waals surface area contributed by atoms with Gasteiger partial charge in [-0.2, -0.15) is 0 Å². The van der Waals surface area contributed by atoms with Gasteiger partial charge in [-0.05, 0) is 29.7 Å². The van der Waals surface area contributed by atoms with E-state index in [1.54, 1.807) is 0 Å². The van der Waals surface area contributed by atoms with Crippen LogP contribution in [0.4, 0.5) is 0 Å². The van der Waals surface area contributed by atoms with Crippen molar-refractivity contribution in [2.24, 2.45) is 5.92 Å². The minimum absolute atomic E-state index is 0.0544. The standard InChI is InChI=1S/C15H19NO3/c1-10(2)15(17)16-4-3-11-7-13-14(8-12(11)9-16)19-6-5-18-13/h7-8,10H,3-6,9H2,1-2H3. The van der Waals surface area contributed by atoms with Gasteiger partial charge in [-0.15, -0.1) is 0 Å². The zero-order valence-electron chi connectivity index (χ0n) is 11.4. The molecule has 0 radical (unpaired) electrons. The first-order valence-corrected chi connectivity index (χ1v) is 6.85. The highest BCUT2D eigenvalue weighted by atomic mass is 16.6. The summed E-state index contributed by atoms with van der Waals surface area (Å²) >= 11 is 0. The molecule has 1 amide bonds. The molecule has 0 aromatic heterocycles. The van der Waals surface area contributed by atoms with E-state index in [9.17, 15) is 4.79 Å². The summed E-state index contributed by atoms with van der Waals surface area (Å²) in [6.45, 7) is 6.58. The van der Waals surface area contributed by atoms with Gasteiger partial charge in [0.2, 0.25) is 5.91 Å². The molecule has 102 valence electrons. The van der Waals surface area contributed by atoms with Crippen LogP contribution >= 0.6 is 0 Å². The number of benzene rings is 1. The number of fused-ring (bicyclic) bond motifs is 2. The molecule has 2 heterocycles. The lowest BCUT2D eigenvalue weighted by molar-refractivity contribution is -0.135. The predicted molar refractivity (Wildman–Crippen MR) is 71.4 cm³/mol. The van der Waals surface area contributed by atoms with Crippen molar-refractivity contribution in [3.63, 3.8) is 0 Å². The fourth-order valence-corrected chi connectivity index (χ4v) is 2.65. The SMILES string of the molecule is CC(C)C(=O)N1CCc2cc3c(cc2C1)OCCO3. The normalized spacial score (nSPS) is 17.3. The van der Waals surface area contributed by atoms with Crippen LogP contribution in [0, 0.1) is 5.92 Å². The van der Waals surface area contributed by atoms with Crippen molar-refractivity contribution in [1.29, 1.82) is 0 Å². The monoisotopic (exact) mass is 261 g/mol. The lowest BCUT2D eigenvalue weighted by atomic mass is 9.97. The van der Waals surface area contributed by atoms with Gasteiger partial charge >= 0.3 is 0 Å². The Labute approximate surface area is 113 Å². The fraction of sp³-hybridized carbons (Fsp3) is 0.533. The first-order chi connectivity index (χ1) is 9.15. The molecule has 0 fully saturated rings. The molecule has 0 saturated heterocycles. The second-order valence-electron chi connectivity index (χ2n) is 5.43. The van der Waals surface area contributed by atoms with Crippen LogP contribution in [0.5, 0.6) is 11.5 Å². The molecular formula is C15H19NO3. The quantitative estimate of drug-likeness (QED) is 0.776. The highest BCUT2D eigenvalue weighted by Crippen LogP contribution is 2.35. The van der Waals surface area contributed by atoms with Gasteiger partial charge in [0.15, 0.2) is 11.5 Å². The Hall–Kier alpha value is -1.71. The second-order valence-corrected chi connectivity index (χ2v) is 5.43. The van der Waals surface area contributed by atoms with Crippen molar-refractivity contribution in [2.45, 2.75) is 26.8 Å². The van der Waals surface area contributed by atoms with E-state index in [-0.39, 0.29) is 11.8 Å². The van der Waals surface area contributed by atoms with Gasteiger partial charge in [0.05, 0.1) is 0 Å². The third-order valence-electron chi connectivity index (χ3n) is 3.68. The van der Waals surface area contributed by atoms with Crippen LogP contribution in [0.15, 0.2) is 12.1 Å². The molecule has 0 N–H and O–H groups in total. The summed E-state index contributed by atoms with van der Waals surface area (Å²) in [6.07, 6.45) is 0.893. The Morgan fingerprint density at radius 1 is 1.16 bits per heavy atom. The van der Waals surface area contributed by atoms with Crippen LogP contribution in [-0.2, 0) is 17.8 Å². The molecule has 0 unspecified atom stereocenters. The average molecular weight is 261 g/mol. The van der Waals surface area contributed by atoms with E-state index in [1.807, 2.05) is 24.8 Å². The van der Waals surface area contributed by atoms with E-state index in [2.05, 4.69) is 6.07 Å². The molecular weight excluding hydrogens is 242 g/mol. The highest BCUT2D eigenvalue weighted by Gasteiger charge is 2.25. The highest BCUT2D eigenvalue weighted by molar-refractivity contribution is 5.78. The summed E-state index contributed by atoms with van der Waals surface area (Å²) in [6, 6.07) is 4.10. The van der Waals surface area contributed by atoms with Crippen LogP contribution in [0.1, 0.15) is 25.0 Å². The van der Waals surface area contributed by atoms with E-state index in [4.69, 9.17) is 9.47 Å². The summed E-state index contributed by atoms with van der Waals surface area (Å²) in [5.74, 6) is 1.93. The zero-order chi connectivity index (χ0) is 13.4. The number of hydrogen-bond donors (Lipinski definition) is 0. The van der Waals surface area contributed by atoms with E-state index >= 15 is 0 Å². The van der Waals surface area contributed by atoms with Crippen molar-refractivity contribution < 1.29 is 14.3 Å². The van der Waals surface area contributed by atoms with Gasteiger partial charge in [-0.25, -0.2) is 0 Å². The number of ether oxygens (including phenoxy) is 2. The average Bonchev–Trinajstić information content (AvgIpc) is 2.43.